The van der Waals surface area contributed by atoms with Crippen LogP contribution in [0.1, 0.15) is 57.2 Å². The van der Waals surface area contributed by atoms with Gasteiger partial charge in [-0.15, -0.1) is 0 Å². The second-order valence-corrected chi connectivity index (χ2v) is 12.2. The average molecular weight is 519 g/mol. The summed E-state index contributed by atoms with van der Waals surface area (Å²) in [6.45, 7) is 8.76. The number of rotatable bonds is 8. The number of nitrogens with zero attached hydrogens (tertiary/aromatic N) is 1. The van der Waals surface area contributed by atoms with E-state index in [2.05, 4.69) is 56.4 Å². The molecule has 6 heteroatoms. The Hall–Kier alpha value is -2.51. The first kappa shape index (κ1) is 27.1. The van der Waals surface area contributed by atoms with E-state index in [0.717, 1.165) is 23.1 Å². The van der Waals surface area contributed by atoms with Crippen LogP contribution >= 0.6 is 0 Å². The highest BCUT2D eigenvalue weighted by molar-refractivity contribution is 5.83. The third-order valence-electron chi connectivity index (χ3n) is 9.62. The van der Waals surface area contributed by atoms with Crippen LogP contribution in [0.25, 0.3) is 12.2 Å². The number of amides is 1. The van der Waals surface area contributed by atoms with Crippen LogP contribution in [-0.4, -0.2) is 52.1 Å². The van der Waals surface area contributed by atoms with Gasteiger partial charge in [-0.05, 0) is 59.6 Å². The van der Waals surface area contributed by atoms with Gasteiger partial charge in [0.25, 0.3) is 0 Å². The predicted octanol–water partition coefficient (Wildman–Crippen LogP) is 4.52. The van der Waals surface area contributed by atoms with Crippen LogP contribution in [0.4, 0.5) is 0 Å². The molecule has 38 heavy (non-hydrogen) atoms. The van der Waals surface area contributed by atoms with Crippen molar-refractivity contribution in [3.8, 4) is 0 Å². The first-order valence-electron chi connectivity index (χ1n) is 14.0. The van der Waals surface area contributed by atoms with Gasteiger partial charge in [-0.3, -0.25) is 9.63 Å². The van der Waals surface area contributed by atoms with E-state index in [4.69, 9.17) is 4.84 Å². The van der Waals surface area contributed by atoms with E-state index in [1.807, 2.05) is 36.4 Å². The van der Waals surface area contributed by atoms with Crippen molar-refractivity contribution in [1.29, 1.82) is 0 Å². The van der Waals surface area contributed by atoms with Crippen molar-refractivity contribution in [3.05, 3.63) is 71.3 Å². The topological polar surface area (TPSA) is 82.0 Å². The molecule has 8 atom stereocenters. The molecule has 1 amide bonds. The number of benzene rings is 2. The molecule has 2 aromatic rings. The maximum Gasteiger partial charge on any atom is 0.240 e. The zero-order valence-corrected chi connectivity index (χ0v) is 23.0. The molecule has 0 spiro atoms. The Morgan fingerprint density at radius 3 is 2.50 bits per heavy atom. The van der Waals surface area contributed by atoms with Gasteiger partial charge in [0, 0.05) is 12.0 Å². The number of hydrogen-bond donors (Lipinski definition) is 3. The van der Waals surface area contributed by atoms with Crippen molar-refractivity contribution in [2.75, 3.05) is 6.61 Å². The fourth-order valence-electron chi connectivity index (χ4n) is 7.22. The molecule has 0 aromatic heterocycles. The number of hydroxylamine groups is 2. The molecule has 3 N–H and O–H groups in total. The molecule has 3 aliphatic carbocycles. The Balaban J connectivity index is 1.33. The van der Waals surface area contributed by atoms with Crippen molar-refractivity contribution in [3.63, 3.8) is 0 Å². The average Bonchev–Trinajstić information content (AvgIpc) is 3.27. The molecule has 2 aromatic carbocycles. The molecule has 4 fully saturated rings. The summed E-state index contributed by atoms with van der Waals surface area (Å²) >= 11 is 0. The van der Waals surface area contributed by atoms with Gasteiger partial charge in [-0.1, -0.05) is 87.5 Å². The van der Waals surface area contributed by atoms with Gasteiger partial charge in [0.15, 0.2) is 0 Å². The van der Waals surface area contributed by atoms with Crippen molar-refractivity contribution in [2.24, 2.45) is 29.1 Å². The number of carbonyl (C=O) groups is 1. The molecule has 6 nitrogen and oxygen atoms in total. The lowest BCUT2D eigenvalue weighted by Gasteiger charge is -2.62. The van der Waals surface area contributed by atoms with Gasteiger partial charge in [0.1, 0.15) is 12.1 Å². The summed E-state index contributed by atoms with van der Waals surface area (Å²) in [6.07, 6.45) is 4.94. The number of nitrogens with one attached hydrogen (secondary N) is 1. The summed E-state index contributed by atoms with van der Waals surface area (Å²) in [6, 6.07) is 17.7. The minimum absolute atomic E-state index is 0.121. The molecule has 4 aliphatic rings. The Labute approximate surface area is 226 Å². The normalized spacial score (nSPS) is 33.2. The minimum Gasteiger partial charge on any atom is -0.394 e. The van der Waals surface area contributed by atoms with E-state index in [1.54, 1.807) is 12.0 Å². The molecule has 0 radical (unpaired) electrons. The van der Waals surface area contributed by atoms with Crippen molar-refractivity contribution < 1.29 is 19.8 Å². The van der Waals surface area contributed by atoms with Crippen molar-refractivity contribution >= 4 is 18.1 Å². The third kappa shape index (κ3) is 5.20. The summed E-state index contributed by atoms with van der Waals surface area (Å²) in [5.41, 5.74) is 3.51. The standard InChI is InChI=1S/C32H42N2O4/c1-20-26-16-25(32(26,3)4)17-27(20)33-31(37)30-29(21(2)36)28(19-35)38-34(30)18-24-12-8-11-23(15-24)14-13-22-9-6-5-7-10-22/h5-15,20-21,25-30,35-36H,16-19H2,1-4H3,(H,33,37)/b14-13+/t20?,21-,25+,26-,27-,28-,29+,30-/m0/s1. The van der Waals surface area contributed by atoms with E-state index in [0.29, 0.717) is 29.7 Å². The Morgan fingerprint density at radius 1 is 1.13 bits per heavy atom. The lowest BCUT2D eigenvalue weighted by molar-refractivity contribution is -0.183. The maximum atomic E-state index is 13.8. The molecule has 3 saturated carbocycles. The minimum atomic E-state index is -0.802. The third-order valence-corrected chi connectivity index (χ3v) is 9.62. The van der Waals surface area contributed by atoms with E-state index >= 15 is 0 Å². The van der Waals surface area contributed by atoms with Crippen LogP contribution in [0, 0.1) is 29.1 Å². The maximum absolute atomic E-state index is 13.8. The molecule has 1 aliphatic heterocycles. The quantitative estimate of drug-likeness (QED) is 0.448. The van der Waals surface area contributed by atoms with E-state index in [-0.39, 0.29) is 18.6 Å². The van der Waals surface area contributed by atoms with Gasteiger partial charge in [-0.25, -0.2) is 0 Å². The lowest BCUT2D eigenvalue weighted by atomic mass is 9.45. The Bertz CT molecular complexity index is 1150. The highest BCUT2D eigenvalue weighted by Crippen LogP contribution is 2.61. The molecule has 1 heterocycles. The van der Waals surface area contributed by atoms with E-state index in [1.165, 1.54) is 6.42 Å². The largest absolute Gasteiger partial charge is 0.394 e. The molecular weight excluding hydrogens is 476 g/mol. The molecule has 1 unspecified atom stereocenters. The second-order valence-electron chi connectivity index (χ2n) is 12.2. The number of hydrogen-bond acceptors (Lipinski definition) is 5. The van der Waals surface area contributed by atoms with Gasteiger partial charge >= 0.3 is 0 Å². The summed E-state index contributed by atoms with van der Waals surface area (Å²) in [4.78, 5) is 19.9. The van der Waals surface area contributed by atoms with Crippen LogP contribution in [0.15, 0.2) is 54.6 Å². The zero-order chi connectivity index (χ0) is 27.0. The zero-order valence-electron chi connectivity index (χ0n) is 23.0. The summed E-state index contributed by atoms with van der Waals surface area (Å²) < 4.78 is 0. The Morgan fingerprint density at radius 2 is 1.84 bits per heavy atom. The second kappa shape index (κ2) is 10.9. The van der Waals surface area contributed by atoms with E-state index < -0.39 is 24.2 Å². The molecular formula is C32H42N2O4. The van der Waals surface area contributed by atoms with Crippen molar-refractivity contribution in [1.82, 2.24) is 10.4 Å². The Kier molecular flexibility index (Phi) is 7.79. The van der Waals surface area contributed by atoms with Crippen LogP contribution in [0.5, 0.6) is 0 Å². The predicted molar refractivity (Wildman–Crippen MR) is 149 cm³/mol. The van der Waals surface area contributed by atoms with Crippen LogP contribution < -0.4 is 5.32 Å². The number of carbonyl (C=O) groups excluding carboxylic acids is 1. The van der Waals surface area contributed by atoms with Crippen LogP contribution in [0.3, 0.4) is 0 Å². The van der Waals surface area contributed by atoms with E-state index in [9.17, 15) is 15.0 Å². The first-order chi connectivity index (χ1) is 18.2. The van der Waals surface area contributed by atoms with Crippen LogP contribution in [0.2, 0.25) is 0 Å². The van der Waals surface area contributed by atoms with Gasteiger partial charge in [0.05, 0.1) is 19.3 Å². The highest BCUT2D eigenvalue weighted by Gasteiger charge is 2.57. The highest BCUT2D eigenvalue weighted by atomic mass is 16.7. The lowest BCUT2D eigenvalue weighted by Crippen LogP contribution is -2.62. The number of fused-ring (bicyclic) bond motifs is 2. The first-order valence-corrected chi connectivity index (χ1v) is 14.0. The fourth-order valence-corrected chi connectivity index (χ4v) is 7.22. The molecule has 6 rings (SSSR count). The van der Waals surface area contributed by atoms with Gasteiger partial charge < -0.3 is 15.5 Å². The fraction of sp³-hybridized carbons (Fsp3) is 0.531. The summed E-state index contributed by atoms with van der Waals surface area (Å²) in [5.74, 6) is 1.01. The molecule has 204 valence electrons. The number of aliphatic hydroxyl groups is 2. The summed E-state index contributed by atoms with van der Waals surface area (Å²) in [7, 11) is 0. The van der Waals surface area contributed by atoms with Gasteiger partial charge in [0.2, 0.25) is 5.91 Å². The number of aliphatic hydroxyl groups excluding tert-OH is 2. The SMILES string of the molecule is CC1[C@@H](NC(=O)[C@@H]2[C@H]([C@H](C)O)[C@H](CO)ON2Cc2cccc(/C=C/c3ccccc3)c2)C[C@H]2C[C@@H]1C2(C)C. The van der Waals surface area contributed by atoms with Crippen LogP contribution in [-0.2, 0) is 16.2 Å². The van der Waals surface area contributed by atoms with Gasteiger partial charge in [-0.2, -0.15) is 5.06 Å². The smallest absolute Gasteiger partial charge is 0.240 e. The molecule has 2 bridgehead atoms. The molecule has 1 saturated heterocycles. The summed E-state index contributed by atoms with van der Waals surface area (Å²) in [5, 5.41) is 25.7. The monoisotopic (exact) mass is 518 g/mol. The van der Waals surface area contributed by atoms with Crippen molar-refractivity contribution in [2.45, 2.75) is 71.4 Å².